The molecular formula is C7H9FO4. The lowest BCUT2D eigenvalue weighted by molar-refractivity contribution is -0.167. The van der Waals surface area contributed by atoms with Crippen LogP contribution in [0.3, 0.4) is 0 Å². The van der Waals surface area contributed by atoms with Gasteiger partial charge in [-0.05, 0) is 5.92 Å². The molecule has 0 unspecified atom stereocenters. The highest BCUT2D eigenvalue weighted by Gasteiger charge is 2.50. The van der Waals surface area contributed by atoms with Crippen molar-refractivity contribution in [2.75, 3.05) is 0 Å². The number of rotatable bonds is 4. The van der Waals surface area contributed by atoms with Crippen LogP contribution in [-0.4, -0.2) is 27.8 Å². The first-order chi connectivity index (χ1) is 5.47. The zero-order valence-corrected chi connectivity index (χ0v) is 6.29. The first-order valence-corrected chi connectivity index (χ1v) is 3.62. The molecule has 0 amide bonds. The second-order valence-corrected chi connectivity index (χ2v) is 3.06. The van der Waals surface area contributed by atoms with Crippen molar-refractivity contribution in [3.8, 4) is 0 Å². The molecule has 1 saturated carbocycles. The first kappa shape index (κ1) is 8.96. The Bertz CT molecular complexity index is 207. The van der Waals surface area contributed by atoms with Gasteiger partial charge in [0, 0.05) is 6.42 Å². The van der Waals surface area contributed by atoms with E-state index in [1.54, 1.807) is 0 Å². The van der Waals surface area contributed by atoms with Gasteiger partial charge in [0.15, 0.2) is 0 Å². The lowest BCUT2D eigenvalue weighted by Crippen LogP contribution is -2.42. The highest BCUT2D eigenvalue weighted by Crippen LogP contribution is 2.38. The largest absolute Gasteiger partial charge is 0.478 e. The summed E-state index contributed by atoms with van der Waals surface area (Å²) >= 11 is 0. The van der Waals surface area contributed by atoms with Gasteiger partial charge in [0.05, 0.1) is 0 Å². The maximum absolute atomic E-state index is 13.1. The van der Waals surface area contributed by atoms with Gasteiger partial charge >= 0.3 is 17.6 Å². The molecule has 0 heterocycles. The average molecular weight is 176 g/mol. The monoisotopic (exact) mass is 176 g/mol. The summed E-state index contributed by atoms with van der Waals surface area (Å²) in [6.07, 6.45) is 1.05. The molecule has 1 fully saturated rings. The van der Waals surface area contributed by atoms with Crippen LogP contribution in [0.2, 0.25) is 0 Å². The van der Waals surface area contributed by atoms with Gasteiger partial charge in [-0.25, -0.2) is 14.0 Å². The van der Waals surface area contributed by atoms with E-state index in [2.05, 4.69) is 0 Å². The fourth-order valence-corrected chi connectivity index (χ4v) is 0.986. The number of aliphatic carboxylic acids is 2. The number of carbonyl (C=O) groups is 2. The Morgan fingerprint density at radius 2 is 1.75 bits per heavy atom. The zero-order chi connectivity index (χ0) is 9.35. The quantitative estimate of drug-likeness (QED) is 0.617. The Balaban J connectivity index is 2.69. The first-order valence-electron chi connectivity index (χ1n) is 3.62. The third-order valence-corrected chi connectivity index (χ3v) is 1.94. The predicted octanol–water partition coefficient (Wildman–Crippen LogP) is 0.664. The summed E-state index contributed by atoms with van der Waals surface area (Å²) in [4.78, 5) is 20.5. The van der Waals surface area contributed by atoms with E-state index in [9.17, 15) is 14.0 Å². The summed E-state index contributed by atoms with van der Waals surface area (Å²) in [5.41, 5.74) is -3.08. The van der Waals surface area contributed by atoms with Crippen molar-refractivity contribution >= 4 is 11.9 Å². The molecular weight excluding hydrogens is 167 g/mol. The summed E-state index contributed by atoms with van der Waals surface area (Å²) < 4.78 is 13.1. The summed E-state index contributed by atoms with van der Waals surface area (Å²) in [6, 6.07) is 0. The maximum atomic E-state index is 13.1. The minimum atomic E-state index is -3.08. The highest BCUT2D eigenvalue weighted by atomic mass is 19.1. The van der Waals surface area contributed by atoms with E-state index in [1.165, 1.54) is 0 Å². The molecule has 12 heavy (non-hydrogen) atoms. The lowest BCUT2D eigenvalue weighted by atomic mass is 9.99. The molecule has 0 aromatic heterocycles. The molecule has 0 aromatic carbocycles. The number of alkyl halides is 1. The molecule has 1 aliphatic carbocycles. The summed E-state index contributed by atoms with van der Waals surface area (Å²) in [5, 5.41) is 16.6. The maximum Gasteiger partial charge on any atom is 0.353 e. The molecule has 0 aliphatic heterocycles. The number of hydrogen-bond acceptors (Lipinski definition) is 2. The standard InChI is InChI=1S/C7H9FO4/c8-7(5(9)10,6(11)12)3-4-1-2-4/h4H,1-3H2,(H,9,10)(H,11,12). The van der Waals surface area contributed by atoms with Crippen LogP contribution in [-0.2, 0) is 9.59 Å². The third-order valence-electron chi connectivity index (χ3n) is 1.94. The number of halogens is 1. The van der Waals surface area contributed by atoms with E-state index in [4.69, 9.17) is 10.2 Å². The minimum absolute atomic E-state index is 0.0674. The van der Waals surface area contributed by atoms with Gasteiger partial charge in [-0.1, -0.05) is 12.8 Å². The average Bonchev–Trinajstić information content (AvgIpc) is 2.70. The fraction of sp³-hybridized carbons (Fsp3) is 0.714. The Morgan fingerprint density at radius 1 is 1.33 bits per heavy atom. The van der Waals surface area contributed by atoms with Crippen molar-refractivity contribution < 1.29 is 24.2 Å². The van der Waals surface area contributed by atoms with E-state index < -0.39 is 24.0 Å². The SMILES string of the molecule is O=C(O)C(F)(CC1CC1)C(=O)O. The van der Waals surface area contributed by atoms with E-state index in [-0.39, 0.29) is 5.92 Å². The molecule has 2 N–H and O–H groups in total. The Kier molecular flexibility index (Phi) is 2.04. The minimum Gasteiger partial charge on any atom is -0.478 e. The van der Waals surface area contributed by atoms with Gasteiger partial charge in [0.25, 0.3) is 0 Å². The number of carboxylic acid groups (broad SMARTS) is 2. The molecule has 1 rings (SSSR count). The summed E-state index contributed by atoms with van der Waals surface area (Å²) in [7, 11) is 0. The van der Waals surface area contributed by atoms with Crippen LogP contribution in [0.4, 0.5) is 4.39 Å². The number of hydrogen-bond donors (Lipinski definition) is 2. The fourth-order valence-electron chi connectivity index (χ4n) is 0.986. The van der Waals surface area contributed by atoms with Crippen molar-refractivity contribution in [3.63, 3.8) is 0 Å². The Morgan fingerprint density at radius 3 is 2.00 bits per heavy atom. The van der Waals surface area contributed by atoms with Crippen molar-refractivity contribution in [1.29, 1.82) is 0 Å². The normalized spacial score (nSPS) is 17.4. The molecule has 0 spiro atoms. The molecule has 0 saturated heterocycles. The van der Waals surface area contributed by atoms with E-state index in [1.807, 2.05) is 0 Å². The van der Waals surface area contributed by atoms with Crippen LogP contribution in [0, 0.1) is 5.92 Å². The topological polar surface area (TPSA) is 74.6 Å². The summed E-state index contributed by atoms with van der Waals surface area (Å²) in [6.45, 7) is 0. The summed E-state index contributed by atoms with van der Waals surface area (Å²) in [5.74, 6) is -3.87. The predicted molar refractivity (Wildman–Crippen MR) is 36.5 cm³/mol. The Hall–Kier alpha value is -1.13. The molecule has 0 radical (unpaired) electrons. The van der Waals surface area contributed by atoms with E-state index in [0.29, 0.717) is 0 Å². The van der Waals surface area contributed by atoms with Gasteiger partial charge < -0.3 is 10.2 Å². The van der Waals surface area contributed by atoms with Crippen LogP contribution in [0.5, 0.6) is 0 Å². The van der Waals surface area contributed by atoms with Gasteiger partial charge in [0.2, 0.25) is 0 Å². The van der Waals surface area contributed by atoms with Crippen LogP contribution in [0.25, 0.3) is 0 Å². The van der Waals surface area contributed by atoms with Crippen molar-refractivity contribution in [1.82, 2.24) is 0 Å². The lowest BCUT2D eigenvalue weighted by Gasteiger charge is -2.14. The van der Waals surface area contributed by atoms with Crippen molar-refractivity contribution in [2.24, 2.45) is 5.92 Å². The van der Waals surface area contributed by atoms with Crippen molar-refractivity contribution in [2.45, 2.75) is 24.9 Å². The van der Waals surface area contributed by atoms with Crippen LogP contribution < -0.4 is 0 Å². The van der Waals surface area contributed by atoms with Crippen LogP contribution in [0.15, 0.2) is 0 Å². The molecule has 5 heteroatoms. The smallest absolute Gasteiger partial charge is 0.353 e. The van der Waals surface area contributed by atoms with Gasteiger partial charge in [-0.15, -0.1) is 0 Å². The van der Waals surface area contributed by atoms with Gasteiger partial charge in [-0.3, -0.25) is 0 Å². The molecule has 4 nitrogen and oxygen atoms in total. The van der Waals surface area contributed by atoms with Crippen LogP contribution >= 0.6 is 0 Å². The highest BCUT2D eigenvalue weighted by molar-refractivity contribution is 6.01. The molecule has 1 aliphatic rings. The third kappa shape index (κ3) is 1.54. The van der Waals surface area contributed by atoms with Gasteiger partial charge in [0.1, 0.15) is 0 Å². The van der Waals surface area contributed by atoms with E-state index in [0.717, 1.165) is 12.8 Å². The Labute approximate surface area is 68.0 Å². The zero-order valence-electron chi connectivity index (χ0n) is 6.29. The van der Waals surface area contributed by atoms with Crippen molar-refractivity contribution in [3.05, 3.63) is 0 Å². The molecule has 0 atom stereocenters. The van der Waals surface area contributed by atoms with Gasteiger partial charge in [-0.2, -0.15) is 0 Å². The second-order valence-electron chi connectivity index (χ2n) is 3.06. The number of carboxylic acids is 2. The molecule has 0 aromatic rings. The second kappa shape index (κ2) is 2.73. The molecule has 68 valence electrons. The van der Waals surface area contributed by atoms with E-state index >= 15 is 0 Å². The molecule has 0 bridgehead atoms. The van der Waals surface area contributed by atoms with Crippen LogP contribution in [0.1, 0.15) is 19.3 Å².